The van der Waals surface area contributed by atoms with Gasteiger partial charge in [0.15, 0.2) is 5.82 Å². The van der Waals surface area contributed by atoms with Gasteiger partial charge in [-0.05, 0) is 64.0 Å². The SMILES string of the molecule is COc1ccc(CN(Cc2ccc(OC)cc2)c2ncnn3c(C(F)(F)F)cc(I)c23)cc1. The van der Waals surface area contributed by atoms with Gasteiger partial charge in [0, 0.05) is 16.7 Å². The van der Waals surface area contributed by atoms with Crippen LogP contribution in [-0.2, 0) is 19.3 Å². The quantitative estimate of drug-likeness (QED) is 0.273. The average molecular weight is 568 g/mol. The molecule has 0 saturated carbocycles. The molecule has 0 radical (unpaired) electrons. The first kappa shape index (κ1) is 23.1. The highest BCUT2D eigenvalue weighted by Gasteiger charge is 2.36. The van der Waals surface area contributed by atoms with Crippen LogP contribution in [0.5, 0.6) is 11.5 Å². The second-order valence-electron chi connectivity index (χ2n) is 7.27. The molecule has 0 aliphatic rings. The summed E-state index contributed by atoms with van der Waals surface area (Å²) in [5.41, 5.74) is 1.39. The van der Waals surface area contributed by atoms with Crippen molar-refractivity contribution in [2.75, 3.05) is 19.1 Å². The molecule has 6 nitrogen and oxygen atoms in total. The van der Waals surface area contributed by atoms with Crippen molar-refractivity contribution in [2.24, 2.45) is 0 Å². The third-order valence-electron chi connectivity index (χ3n) is 5.14. The maximum absolute atomic E-state index is 13.6. The molecule has 0 saturated heterocycles. The Morgan fingerprint density at radius 1 is 0.909 bits per heavy atom. The zero-order valence-corrected chi connectivity index (χ0v) is 20.0. The van der Waals surface area contributed by atoms with Crippen molar-refractivity contribution in [1.82, 2.24) is 14.6 Å². The van der Waals surface area contributed by atoms with Gasteiger partial charge in [0.2, 0.25) is 0 Å². The number of anilines is 1. The number of nitrogens with zero attached hydrogens (tertiary/aromatic N) is 4. The molecule has 0 N–H and O–H groups in total. The van der Waals surface area contributed by atoms with E-state index in [9.17, 15) is 13.2 Å². The predicted octanol–water partition coefficient (Wildman–Crippen LogP) is 5.58. The molecule has 2 aromatic carbocycles. The average Bonchev–Trinajstić information content (AvgIpc) is 3.17. The monoisotopic (exact) mass is 568 g/mol. The Hall–Kier alpha value is -3.02. The van der Waals surface area contributed by atoms with Crippen molar-refractivity contribution in [3.8, 4) is 11.5 Å². The Bertz CT molecular complexity index is 1190. The highest BCUT2D eigenvalue weighted by Crippen LogP contribution is 2.36. The number of rotatable bonds is 7. The van der Waals surface area contributed by atoms with Crippen molar-refractivity contribution < 1.29 is 22.6 Å². The van der Waals surface area contributed by atoms with E-state index in [0.717, 1.165) is 39.5 Å². The van der Waals surface area contributed by atoms with Gasteiger partial charge in [-0.3, -0.25) is 0 Å². The first-order valence-corrected chi connectivity index (χ1v) is 11.0. The van der Waals surface area contributed by atoms with Crippen LogP contribution in [0.3, 0.4) is 0 Å². The van der Waals surface area contributed by atoms with Crippen molar-refractivity contribution in [1.29, 1.82) is 0 Å². The third kappa shape index (κ3) is 5.00. The highest BCUT2D eigenvalue weighted by molar-refractivity contribution is 14.1. The van der Waals surface area contributed by atoms with Crippen LogP contribution in [0.15, 0.2) is 60.9 Å². The molecule has 10 heteroatoms. The lowest BCUT2D eigenvalue weighted by Crippen LogP contribution is -2.24. The molecule has 2 heterocycles. The molecule has 2 aromatic heterocycles. The summed E-state index contributed by atoms with van der Waals surface area (Å²) < 4.78 is 52.5. The molecule has 0 amide bonds. The summed E-state index contributed by atoms with van der Waals surface area (Å²) in [6.45, 7) is 0.844. The summed E-state index contributed by atoms with van der Waals surface area (Å²) in [6, 6.07) is 16.2. The lowest BCUT2D eigenvalue weighted by Gasteiger charge is -2.25. The van der Waals surface area contributed by atoms with Crippen molar-refractivity contribution in [3.05, 3.63) is 81.3 Å². The minimum absolute atomic E-state index is 0.312. The molecule has 4 rings (SSSR count). The summed E-state index contributed by atoms with van der Waals surface area (Å²) in [7, 11) is 3.19. The number of hydrogen-bond donors (Lipinski definition) is 0. The largest absolute Gasteiger partial charge is 0.497 e. The summed E-state index contributed by atoms with van der Waals surface area (Å²) >= 11 is 1.90. The van der Waals surface area contributed by atoms with Gasteiger partial charge in [-0.25, -0.2) is 9.50 Å². The van der Waals surface area contributed by atoms with Crippen LogP contribution in [0, 0.1) is 3.57 Å². The van der Waals surface area contributed by atoms with Gasteiger partial charge >= 0.3 is 6.18 Å². The highest BCUT2D eigenvalue weighted by atomic mass is 127. The lowest BCUT2D eigenvalue weighted by atomic mass is 10.1. The van der Waals surface area contributed by atoms with Gasteiger partial charge in [-0.2, -0.15) is 18.3 Å². The Morgan fingerprint density at radius 3 is 1.88 bits per heavy atom. The molecule has 0 atom stereocenters. The van der Waals surface area contributed by atoms with E-state index < -0.39 is 11.9 Å². The van der Waals surface area contributed by atoms with Crippen molar-refractivity contribution in [3.63, 3.8) is 0 Å². The van der Waals surface area contributed by atoms with E-state index >= 15 is 0 Å². The standard InChI is InChI=1S/C23H20F3IN4O2/c1-32-17-7-3-15(4-8-17)12-30(13-16-5-9-18(33-2)10-6-16)22-21-19(27)11-20(23(24,25)26)31(21)29-14-28-22/h3-11,14H,12-13H2,1-2H3. The number of benzene rings is 2. The molecule has 33 heavy (non-hydrogen) atoms. The summed E-state index contributed by atoms with van der Waals surface area (Å²) in [6.07, 6.45) is -3.38. The fourth-order valence-corrected chi connectivity index (χ4v) is 4.29. The Labute approximate surface area is 202 Å². The van der Waals surface area contributed by atoms with E-state index in [-0.39, 0.29) is 0 Å². The van der Waals surface area contributed by atoms with Crippen LogP contribution < -0.4 is 14.4 Å². The Morgan fingerprint density at radius 2 is 1.42 bits per heavy atom. The smallest absolute Gasteiger partial charge is 0.433 e. The molecule has 0 spiro atoms. The maximum Gasteiger partial charge on any atom is 0.433 e. The van der Waals surface area contributed by atoms with Crippen LogP contribution in [0.25, 0.3) is 5.52 Å². The number of fused-ring (bicyclic) bond motifs is 1. The Balaban J connectivity index is 1.79. The van der Waals surface area contributed by atoms with Gasteiger partial charge in [-0.15, -0.1) is 0 Å². The number of halogens is 4. The van der Waals surface area contributed by atoms with Crippen molar-refractivity contribution in [2.45, 2.75) is 19.3 Å². The second kappa shape index (κ2) is 9.46. The van der Waals surface area contributed by atoms with Crippen molar-refractivity contribution >= 4 is 33.9 Å². The van der Waals surface area contributed by atoms with E-state index in [0.29, 0.717) is 28.0 Å². The number of hydrogen-bond acceptors (Lipinski definition) is 5. The molecular weight excluding hydrogens is 548 g/mol. The molecule has 4 aromatic rings. The topological polar surface area (TPSA) is 51.9 Å². The second-order valence-corrected chi connectivity index (χ2v) is 8.43. The number of alkyl halides is 3. The van der Waals surface area contributed by atoms with E-state index in [4.69, 9.17) is 9.47 Å². The Kier molecular flexibility index (Phi) is 6.63. The first-order valence-electron chi connectivity index (χ1n) is 9.90. The van der Waals surface area contributed by atoms with E-state index in [2.05, 4.69) is 10.1 Å². The molecule has 0 bridgehead atoms. The van der Waals surface area contributed by atoms with Crippen LogP contribution in [0.2, 0.25) is 0 Å². The summed E-state index contributed by atoms with van der Waals surface area (Å²) in [5.74, 6) is 1.86. The van der Waals surface area contributed by atoms with Gasteiger partial charge < -0.3 is 14.4 Å². The van der Waals surface area contributed by atoms with Gasteiger partial charge in [-0.1, -0.05) is 24.3 Å². The van der Waals surface area contributed by atoms with Crippen LogP contribution in [0.4, 0.5) is 19.0 Å². The fourth-order valence-electron chi connectivity index (χ4n) is 3.53. The molecule has 0 aliphatic heterocycles. The maximum atomic E-state index is 13.6. The van der Waals surface area contributed by atoms with Crippen LogP contribution >= 0.6 is 22.6 Å². The lowest BCUT2D eigenvalue weighted by molar-refractivity contribution is -0.142. The fraction of sp³-hybridized carbons (Fsp3) is 0.217. The number of ether oxygens (including phenoxy) is 2. The third-order valence-corrected chi connectivity index (χ3v) is 5.97. The molecule has 0 aliphatic carbocycles. The molecule has 0 fully saturated rings. The zero-order valence-electron chi connectivity index (χ0n) is 17.8. The van der Waals surface area contributed by atoms with Crippen LogP contribution in [-0.4, -0.2) is 28.8 Å². The van der Waals surface area contributed by atoms with E-state index in [1.54, 1.807) is 14.2 Å². The normalized spacial score (nSPS) is 11.6. The minimum atomic E-state index is -4.53. The van der Waals surface area contributed by atoms with Gasteiger partial charge in [0.25, 0.3) is 0 Å². The molecule has 172 valence electrons. The van der Waals surface area contributed by atoms with E-state index in [1.807, 2.05) is 76.0 Å². The van der Waals surface area contributed by atoms with Crippen LogP contribution in [0.1, 0.15) is 16.8 Å². The summed E-state index contributed by atoms with van der Waals surface area (Å²) in [4.78, 5) is 6.33. The van der Waals surface area contributed by atoms with E-state index in [1.165, 1.54) is 0 Å². The number of methoxy groups -OCH3 is 2. The summed E-state index contributed by atoms with van der Waals surface area (Å²) in [5, 5.41) is 3.89. The predicted molar refractivity (Wildman–Crippen MR) is 127 cm³/mol. The molecular formula is C23H20F3IN4O2. The number of aromatic nitrogens is 3. The first-order chi connectivity index (χ1) is 15.8. The minimum Gasteiger partial charge on any atom is -0.497 e. The zero-order chi connectivity index (χ0) is 23.6. The molecule has 0 unspecified atom stereocenters. The van der Waals surface area contributed by atoms with Gasteiger partial charge in [0.05, 0.1) is 14.2 Å². The van der Waals surface area contributed by atoms with Gasteiger partial charge in [0.1, 0.15) is 29.0 Å².